The fraction of sp³-hybridized carbons (Fsp3) is 0.733. The van der Waals surface area contributed by atoms with Crippen LogP contribution in [0.5, 0.6) is 0 Å². The molecule has 12 heteroatoms. The average molecular weight is 399 g/mol. The zero-order valence-electron chi connectivity index (χ0n) is 15.1. The van der Waals surface area contributed by atoms with E-state index in [0.29, 0.717) is 4.90 Å². The quantitative estimate of drug-likeness (QED) is 0.471. The van der Waals surface area contributed by atoms with Crippen LogP contribution in [0.3, 0.4) is 0 Å². The van der Waals surface area contributed by atoms with Gasteiger partial charge in [0.15, 0.2) is 6.10 Å². The second kappa shape index (κ2) is 9.02. The summed E-state index contributed by atoms with van der Waals surface area (Å²) in [5.74, 6) is -4.40. The Morgan fingerprint density at radius 2 is 1.63 bits per heavy atom. The van der Waals surface area contributed by atoms with Crippen LogP contribution in [0, 0.1) is 0 Å². The highest BCUT2D eigenvalue weighted by molar-refractivity contribution is 5.81. The molecular formula is C15H20F3NO8. The van der Waals surface area contributed by atoms with Gasteiger partial charge >= 0.3 is 30.0 Å². The van der Waals surface area contributed by atoms with Gasteiger partial charge in [-0.05, 0) is 0 Å². The number of carbonyl (C=O) groups excluding carboxylic acids is 4. The summed E-state index contributed by atoms with van der Waals surface area (Å²) in [5, 5.41) is 0. The Morgan fingerprint density at radius 3 is 2.07 bits per heavy atom. The number of likely N-dealkylation sites (N-methyl/N-ethyl adjacent to an activating group) is 1. The molecule has 0 aliphatic carbocycles. The summed E-state index contributed by atoms with van der Waals surface area (Å²) in [5.41, 5.74) is 0. The van der Waals surface area contributed by atoms with Crippen LogP contribution >= 0.6 is 0 Å². The lowest BCUT2D eigenvalue weighted by molar-refractivity contribution is -0.203. The maximum Gasteiger partial charge on any atom is 0.471 e. The zero-order valence-corrected chi connectivity index (χ0v) is 15.1. The number of hydrogen-bond donors (Lipinski definition) is 0. The monoisotopic (exact) mass is 399 g/mol. The van der Waals surface area contributed by atoms with Crippen molar-refractivity contribution in [2.75, 3.05) is 13.6 Å². The van der Waals surface area contributed by atoms with Gasteiger partial charge < -0.3 is 23.8 Å². The molecule has 0 bridgehead atoms. The molecule has 1 heterocycles. The average Bonchev–Trinajstić information content (AvgIpc) is 2.85. The number of halogens is 3. The lowest BCUT2D eigenvalue weighted by Gasteiger charge is -2.28. The molecule has 0 aromatic rings. The molecule has 0 unspecified atom stereocenters. The van der Waals surface area contributed by atoms with E-state index in [1.807, 2.05) is 0 Å². The maximum absolute atomic E-state index is 12.6. The Morgan fingerprint density at radius 1 is 1.07 bits per heavy atom. The summed E-state index contributed by atoms with van der Waals surface area (Å²) >= 11 is 0. The predicted molar refractivity (Wildman–Crippen MR) is 79.8 cm³/mol. The fourth-order valence-corrected chi connectivity index (χ4v) is 2.49. The third kappa shape index (κ3) is 7.04. The Labute approximate surface area is 152 Å². The number of hydrogen-bond acceptors (Lipinski definition) is 8. The lowest BCUT2D eigenvalue weighted by atomic mass is 10.1. The highest BCUT2D eigenvalue weighted by Gasteiger charge is 2.47. The van der Waals surface area contributed by atoms with Gasteiger partial charge in [-0.3, -0.25) is 19.2 Å². The van der Waals surface area contributed by atoms with Gasteiger partial charge in [0, 0.05) is 34.2 Å². The highest BCUT2D eigenvalue weighted by atomic mass is 19.4. The topological polar surface area (TPSA) is 108 Å². The van der Waals surface area contributed by atoms with E-state index in [1.165, 1.54) is 0 Å². The van der Waals surface area contributed by atoms with Gasteiger partial charge in [-0.2, -0.15) is 13.2 Å². The predicted octanol–water partition coefficient (Wildman–Crippen LogP) is 0.549. The van der Waals surface area contributed by atoms with Crippen LogP contribution in [-0.2, 0) is 38.1 Å². The van der Waals surface area contributed by atoms with Gasteiger partial charge in [-0.15, -0.1) is 0 Å². The first-order valence-electron chi connectivity index (χ1n) is 7.80. The van der Waals surface area contributed by atoms with E-state index in [4.69, 9.17) is 18.9 Å². The molecule has 154 valence electrons. The Balaban J connectivity index is 2.95. The van der Waals surface area contributed by atoms with Gasteiger partial charge in [-0.1, -0.05) is 0 Å². The van der Waals surface area contributed by atoms with Crippen molar-refractivity contribution in [3.63, 3.8) is 0 Å². The first-order valence-corrected chi connectivity index (χ1v) is 7.80. The van der Waals surface area contributed by atoms with Crippen molar-refractivity contribution in [3.8, 4) is 0 Å². The van der Waals surface area contributed by atoms with Crippen LogP contribution in [0.1, 0.15) is 27.2 Å². The fourth-order valence-electron chi connectivity index (χ4n) is 2.49. The molecule has 27 heavy (non-hydrogen) atoms. The molecule has 1 aliphatic rings. The number of alkyl halides is 3. The van der Waals surface area contributed by atoms with E-state index in [1.54, 1.807) is 0 Å². The summed E-state index contributed by atoms with van der Waals surface area (Å²) in [6.45, 7) is 2.58. The smallest absolute Gasteiger partial charge is 0.458 e. The molecule has 1 rings (SSSR count). The van der Waals surface area contributed by atoms with Crippen molar-refractivity contribution in [2.24, 2.45) is 0 Å². The number of nitrogens with zero attached hydrogens (tertiary/aromatic N) is 1. The first-order chi connectivity index (χ1) is 12.3. The van der Waals surface area contributed by atoms with Crippen LogP contribution < -0.4 is 0 Å². The third-order valence-corrected chi connectivity index (χ3v) is 3.45. The SMILES string of the molecule is CC(=O)O[C@@H]1O[C@H]([C@H](CN(C)C(=O)C(F)(F)F)OC(C)=O)C[C@H]1OC(C)=O. The minimum absolute atomic E-state index is 0.122. The third-order valence-electron chi connectivity index (χ3n) is 3.45. The molecule has 0 N–H and O–H groups in total. The Bertz CT molecular complexity index is 570. The molecule has 1 aliphatic heterocycles. The van der Waals surface area contributed by atoms with Gasteiger partial charge in [0.05, 0.1) is 6.54 Å². The molecule has 0 aromatic carbocycles. The molecular weight excluding hydrogens is 379 g/mol. The number of ether oxygens (including phenoxy) is 4. The summed E-state index contributed by atoms with van der Waals surface area (Å²) in [7, 11) is 0.883. The number of carbonyl (C=O) groups is 4. The second-order valence-corrected chi connectivity index (χ2v) is 5.87. The molecule has 0 aromatic heterocycles. The van der Waals surface area contributed by atoms with E-state index in [-0.39, 0.29) is 6.42 Å². The minimum Gasteiger partial charge on any atom is -0.458 e. The summed E-state index contributed by atoms with van der Waals surface area (Å²) in [4.78, 5) is 45.3. The van der Waals surface area contributed by atoms with Gasteiger partial charge in [0.2, 0.25) is 6.29 Å². The van der Waals surface area contributed by atoms with Crippen molar-refractivity contribution < 1.29 is 51.3 Å². The molecule has 9 nitrogen and oxygen atoms in total. The molecule has 0 saturated carbocycles. The van der Waals surface area contributed by atoms with E-state index in [0.717, 1.165) is 27.8 Å². The van der Waals surface area contributed by atoms with E-state index in [2.05, 4.69) is 0 Å². The Kier molecular flexibility index (Phi) is 7.57. The normalized spacial score (nSPS) is 23.3. The van der Waals surface area contributed by atoms with Crippen LogP contribution in [0.15, 0.2) is 0 Å². The number of rotatable bonds is 6. The van der Waals surface area contributed by atoms with E-state index in [9.17, 15) is 32.3 Å². The summed E-state index contributed by atoms with van der Waals surface area (Å²) in [6, 6.07) is 0. The molecule has 0 radical (unpaired) electrons. The maximum atomic E-state index is 12.6. The zero-order chi connectivity index (χ0) is 20.9. The van der Waals surface area contributed by atoms with Gasteiger partial charge in [-0.25, -0.2) is 0 Å². The second-order valence-electron chi connectivity index (χ2n) is 5.87. The van der Waals surface area contributed by atoms with Crippen molar-refractivity contribution in [1.82, 2.24) is 4.90 Å². The van der Waals surface area contributed by atoms with Crippen molar-refractivity contribution in [3.05, 3.63) is 0 Å². The summed E-state index contributed by atoms with van der Waals surface area (Å²) in [6.07, 6.45) is -9.98. The Hall–Kier alpha value is -2.37. The molecule has 0 spiro atoms. The van der Waals surface area contributed by atoms with Crippen molar-refractivity contribution in [2.45, 2.75) is 58.0 Å². The largest absolute Gasteiger partial charge is 0.471 e. The minimum atomic E-state index is -5.10. The van der Waals surface area contributed by atoms with Crippen LogP contribution in [0.4, 0.5) is 13.2 Å². The molecule has 4 atom stereocenters. The van der Waals surface area contributed by atoms with Gasteiger partial charge in [0.1, 0.15) is 12.2 Å². The number of amides is 1. The van der Waals surface area contributed by atoms with Crippen molar-refractivity contribution >= 4 is 23.8 Å². The number of esters is 3. The van der Waals surface area contributed by atoms with Crippen molar-refractivity contribution in [1.29, 1.82) is 0 Å². The van der Waals surface area contributed by atoms with Crippen LogP contribution in [0.2, 0.25) is 0 Å². The van der Waals surface area contributed by atoms with Crippen LogP contribution in [-0.4, -0.2) is 73.1 Å². The first kappa shape index (κ1) is 22.7. The summed E-state index contributed by atoms with van der Waals surface area (Å²) < 4.78 is 57.9. The molecule has 1 fully saturated rings. The lowest BCUT2D eigenvalue weighted by Crippen LogP contribution is -2.46. The highest BCUT2D eigenvalue weighted by Crippen LogP contribution is 2.29. The van der Waals surface area contributed by atoms with Crippen LogP contribution in [0.25, 0.3) is 0 Å². The standard InChI is InChI=1S/C15H20F3NO8/c1-7(20)24-11-5-10(27-13(11)26-9(3)22)12(25-8(2)21)6-19(4)14(23)15(16,17)18/h10-13H,5-6H2,1-4H3/t10-,11+,12-,13+/m0/s1. The van der Waals surface area contributed by atoms with Gasteiger partial charge in [0.25, 0.3) is 0 Å². The van der Waals surface area contributed by atoms with E-state index >= 15 is 0 Å². The molecule has 1 amide bonds. The molecule has 1 saturated heterocycles. The van der Waals surface area contributed by atoms with E-state index < -0.39 is 61.1 Å².